The predicted molar refractivity (Wildman–Crippen MR) is 62.0 cm³/mol. The summed E-state index contributed by atoms with van der Waals surface area (Å²) in [5, 5.41) is 3.92. The van der Waals surface area contributed by atoms with E-state index in [9.17, 15) is 8.42 Å². The maximum Gasteiger partial charge on any atom is 0.240 e. The van der Waals surface area contributed by atoms with Crippen LogP contribution in [-0.2, 0) is 10.0 Å². The number of hydrogen-bond acceptors (Lipinski definition) is 5. The molecule has 1 aromatic heterocycles. The quantitative estimate of drug-likeness (QED) is 0.735. The molecule has 17 heavy (non-hydrogen) atoms. The van der Waals surface area contributed by atoms with Gasteiger partial charge in [-0.2, -0.15) is 5.10 Å². The molecule has 0 atom stereocenters. The third-order valence-corrected chi connectivity index (χ3v) is 3.66. The summed E-state index contributed by atoms with van der Waals surface area (Å²) in [7, 11) is -2.14. The van der Waals surface area contributed by atoms with E-state index in [2.05, 4.69) is 14.8 Å². The summed E-state index contributed by atoms with van der Waals surface area (Å²) in [5.41, 5.74) is 6.68. The molecule has 0 aliphatic heterocycles. The van der Waals surface area contributed by atoms with Crippen molar-refractivity contribution in [3.05, 3.63) is 30.9 Å². The van der Waals surface area contributed by atoms with Gasteiger partial charge in [-0.15, -0.1) is 0 Å². The summed E-state index contributed by atoms with van der Waals surface area (Å²) in [4.78, 5) is 3.91. The third-order valence-electron chi connectivity index (χ3n) is 2.24. The summed E-state index contributed by atoms with van der Waals surface area (Å²) in [5.74, 6) is 0. The number of benzene rings is 1. The molecule has 0 aliphatic rings. The fourth-order valence-corrected chi connectivity index (χ4v) is 2.12. The van der Waals surface area contributed by atoms with Gasteiger partial charge < -0.3 is 5.73 Å². The maximum absolute atomic E-state index is 11.5. The van der Waals surface area contributed by atoms with E-state index in [4.69, 9.17) is 5.73 Å². The highest BCUT2D eigenvalue weighted by atomic mass is 32.2. The Bertz CT molecular complexity index is 621. The van der Waals surface area contributed by atoms with Crippen LogP contribution in [-0.4, -0.2) is 30.2 Å². The fourth-order valence-electron chi connectivity index (χ4n) is 1.36. The van der Waals surface area contributed by atoms with Crippen LogP contribution in [0.2, 0.25) is 0 Å². The minimum absolute atomic E-state index is 0.112. The zero-order chi connectivity index (χ0) is 12.5. The van der Waals surface area contributed by atoms with Crippen molar-refractivity contribution in [3.8, 4) is 5.69 Å². The van der Waals surface area contributed by atoms with Crippen molar-refractivity contribution in [2.75, 3.05) is 12.8 Å². The number of nitrogens with two attached hydrogens (primary N) is 1. The molecule has 2 aromatic rings. The Labute approximate surface area is 98.3 Å². The highest BCUT2D eigenvalue weighted by Gasteiger charge is 2.13. The van der Waals surface area contributed by atoms with E-state index >= 15 is 0 Å². The molecule has 7 nitrogen and oxygen atoms in total. The number of nitrogens with zero attached hydrogens (tertiary/aromatic N) is 3. The first kappa shape index (κ1) is 11.6. The summed E-state index contributed by atoms with van der Waals surface area (Å²) in [6.07, 6.45) is 2.86. The van der Waals surface area contributed by atoms with Crippen LogP contribution < -0.4 is 10.5 Å². The lowest BCUT2D eigenvalue weighted by Gasteiger charge is -2.07. The Morgan fingerprint density at radius 2 is 2.18 bits per heavy atom. The second-order valence-corrected chi connectivity index (χ2v) is 5.15. The van der Waals surface area contributed by atoms with Gasteiger partial charge in [0, 0.05) is 0 Å². The molecule has 0 radical (unpaired) electrons. The summed E-state index contributed by atoms with van der Waals surface area (Å²) >= 11 is 0. The molecule has 8 heteroatoms. The molecule has 1 aromatic carbocycles. The Hall–Kier alpha value is -1.93. The normalized spacial score (nSPS) is 11.6. The van der Waals surface area contributed by atoms with Crippen LogP contribution in [0.4, 0.5) is 5.69 Å². The minimum Gasteiger partial charge on any atom is -0.397 e. The van der Waals surface area contributed by atoms with Gasteiger partial charge in [0.25, 0.3) is 0 Å². The molecule has 0 amide bonds. The number of nitrogen functional groups attached to an aromatic ring is 1. The molecule has 0 fully saturated rings. The largest absolute Gasteiger partial charge is 0.397 e. The first-order valence-corrected chi connectivity index (χ1v) is 6.21. The molecule has 90 valence electrons. The number of sulfonamides is 1. The van der Waals surface area contributed by atoms with Gasteiger partial charge in [0.15, 0.2) is 0 Å². The molecular weight excluding hydrogens is 242 g/mol. The van der Waals surface area contributed by atoms with Crippen LogP contribution in [0.5, 0.6) is 0 Å². The molecule has 0 bridgehead atoms. The van der Waals surface area contributed by atoms with Gasteiger partial charge in [-0.1, -0.05) is 0 Å². The molecule has 0 aliphatic carbocycles. The zero-order valence-electron chi connectivity index (χ0n) is 9.03. The van der Waals surface area contributed by atoms with Crippen LogP contribution in [0.3, 0.4) is 0 Å². The van der Waals surface area contributed by atoms with Crippen LogP contribution in [0.25, 0.3) is 5.69 Å². The smallest absolute Gasteiger partial charge is 0.240 e. The molecule has 2 rings (SSSR count). The Morgan fingerprint density at radius 1 is 1.41 bits per heavy atom. The van der Waals surface area contributed by atoms with Gasteiger partial charge in [0.2, 0.25) is 10.0 Å². The Morgan fingerprint density at radius 3 is 2.71 bits per heavy atom. The van der Waals surface area contributed by atoms with Gasteiger partial charge in [-0.05, 0) is 25.2 Å². The molecule has 0 saturated heterocycles. The number of nitrogens with one attached hydrogen (secondary N) is 1. The molecule has 1 heterocycles. The van der Waals surface area contributed by atoms with Gasteiger partial charge in [0.05, 0.1) is 16.3 Å². The molecule has 0 unspecified atom stereocenters. The first-order valence-electron chi connectivity index (χ1n) is 4.72. The van der Waals surface area contributed by atoms with E-state index in [1.807, 2.05) is 0 Å². The number of anilines is 1. The number of aromatic nitrogens is 3. The average molecular weight is 253 g/mol. The van der Waals surface area contributed by atoms with Crippen molar-refractivity contribution in [2.24, 2.45) is 0 Å². The van der Waals surface area contributed by atoms with Crippen molar-refractivity contribution in [3.63, 3.8) is 0 Å². The number of hydrogen-bond donors (Lipinski definition) is 2. The lowest BCUT2D eigenvalue weighted by atomic mass is 10.3. The highest BCUT2D eigenvalue weighted by molar-refractivity contribution is 7.89. The van der Waals surface area contributed by atoms with E-state index in [0.717, 1.165) is 0 Å². The maximum atomic E-state index is 11.5. The monoisotopic (exact) mass is 253 g/mol. The zero-order valence-corrected chi connectivity index (χ0v) is 9.85. The Balaban J connectivity index is 2.50. The van der Waals surface area contributed by atoms with Crippen LogP contribution in [0.1, 0.15) is 0 Å². The van der Waals surface area contributed by atoms with E-state index < -0.39 is 10.0 Å². The van der Waals surface area contributed by atoms with Gasteiger partial charge in [0.1, 0.15) is 12.7 Å². The van der Waals surface area contributed by atoms with Crippen molar-refractivity contribution >= 4 is 15.7 Å². The first-order chi connectivity index (χ1) is 8.04. The van der Waals surface area contributed by atoms with Gasteiger partial charge in [-0.25, -0.2) is 22.8 Å². The van der Waals surface area contributed by atoms with Crippen molar-refractivity contribution in [1.29, 1.82) is 0 Å². The fraction of sp³-hybridized carbons (Fsp3) is 0.111. The van der Waals surface area contributed by atoms with Crippen LogP contribution >= 0.6 is 0 Å². The topological polar surface area (TPSA) is 103 Å². The van der Waals surface area contributed by atoms with Crippen molar-refractivity contribution < 1.29 is 8.42 Å². The molecule has 3 N–H and O–H groups in total. The van der Waals surface area contributed by atoms with Crippen LogP contribution in [0.15, 0.2) is 35.7 Å². The summed E-state index contributed by atoms with van der Waals surface area (Å²) in [6.45, 7) is 0. The van der Waals surface area contributed by atoms with E-state index in [0.29, 0.717) is 11.4 Å². The highest BCUT2D eigenvalue weighted by Crippen LogP contribution is 2.20. The minimum atomic E-state index is -3.48. The third kappa shape index (κ3) is 2.12. The van der Waals surface area contributed by atoms with Crippen molar-refractivity contribution in [1.82, 2.24) is 19.5 Å². The van der Waals surface area contributed by atoms with Crippen molar-refractivity contribution in [2.45, 2.75) is 4.90 Å². The molecular formula is C9H11N5O2S. The Kier molecular flexibility index (Phi) is 2.82. The van der Waals surface area contributed by atoms with Crippen LogP contribution in [0, 0.1) is 0 Å². The molecule has 0 saturated carbocycles. The SMILES string of the molecule is CNS(=O)(=O)c1ccc(-n2cncn2)c(N)c1. The molecule has 0 spiro atoms. The average Bonchev–Trinajstić information content (AvgIpc) is 2.82. The lowest BCUT2D eigenvalue weighted by Crippen LogP contribution is -2.18. The summed E-state index contributed by atoms with van der Waals surface area (Å²) in [6, 6.07) is 4.41. The standard InChI is InChI=1S/C9H11N5O2S/c1-11-17(15,16)7-2-3-9(8(10)4-7)14-6-12-5-13-14/h2-6,11H,10H2,1H3. The van der Waals surface area contributed by atoms with E-state index in [-0.39, 0.29) is 4.90 Å². The van der Waals surface area contributed by atoms with Gasteiger partial charge in [-0.3, -0.25) is 0 Å². The predicted octanol–water partition coefficient (Wildman–Crippen LogP) is -0.242. The lowest BCUT2D eigenvalue weighted by molar-refractivity contribution is 0.588. The second kappa shape index (κ2) is 4.15. The summed E-state index contributed by atoms with van der Waals surface area (Å²) < 4.78 is 26.8. The van der Waals surface area contributed by atoms with Gasteiger partial charge >= 0.3 is 0 Å². The second-order valence-electron chi connectivity index (χ2n) is 3.27. The number of rotatable bonds is 3. The van der Waals surface area contributed by atoms with E-state index in [1.54, 1.807) is 6.07 Å². The van der Waals surface area contributed by atoms with E-state index in [1.165, 1.54) is 36.5 Å².